The van der Waals surface area contributed by atoms with E-state index < -0.39 is 0 Å². The van der Waals surface area contributed by atoms with Crippen molar-refractivity contribution in [3.05, 3.63) is 29.8 Å². The van der Waals surface area contributed by atoms with Crippen molar-refractivity contribution in [2.24, 2.45) is 0 Å². The lowest BCUT2D eigenvalue weighted by Crippen LogP contribution is -2.35. The zero-order valence-electron chi connectivity index (χ0n) is 10.8. The molecule has 0 bridgehead atoms. The van der Waals surface area contributed by atoms with E-state index in [2.05, 4.69) is 0 Å². The summed E-state index contributed by atoms with van der Waals surface area (Å²) in [6, 6.07) is 7.20. The van der Waals surface area contributed by atoms with Crippen LogP contribution in [0.2, 0.25) is 0 Å². The first-order chi connectivity index (χ1) is 7.93. The Balaban J connectivity index is 2.73. The summed E-state index contributed by atoms with van der Waals surface area (Å²) < 4.78 is 0. The van der Waals surface area contributed by atoms with E-state index in [4.69, 9.17) is 0 Å². The number of benzene rings is 1. The van der Waals surface area contributed by atoms with Crippen molar-refractivity contribution in [1.29, 1.82) is 0 Å². The first kappa shape index (κ1) is 13.5. The number of carbonyl (C=O) groups is 1. The molecule has 1 N–H and O–H groups in total. The molecule has 1 amide bonds. The topological polar surface area (TPSA) is 43.8 Å². The van der Waals surface area contributed by atoms with E-state index in [1.165, 1.54) is 0 Å². The predicted octanol–water partition coefficient (Wildman–Crippen LogP) is 1.47. The molecule has 0 spiro atoms. The highest BCUT2D eigenvalue weighted by atomic mass is 16.3. The molecule has 1 aromatic carbocycles. The van der Waals surface area contributed by atoms with Crippen LogP contribution in [-0.2, 0) is 4.79 Å². The highest BCUT2D eigenvalue weighted by Crippen LogP contribution is 2.26. The summed E-state index contributed by atoms with van der Waals surface area (Å²) >= 11 is 0. The van der Waals surface area contributed by atoms with Crippen LogP contribution in [0.15, 0.2) is 24.3 Å². The fourth-order valence-corrected chi connectivity index (χ4v) is 1.57. The van der Waals surface area contributed by atoms with Crippen LogP contribution < -0.4 is 0 Å². The molecule has 94 valence electrons. The molecular formula is C13H20N2O2. The molecule has 1 aromatic rings. The molecule has 0 saturated heterocycles. The smallest absolute Gasteiger partial charge is 0.236 e. The number of phenols is 1. The van der Waals surface area contributed by atoms with Gasteiger partial charge in [0.05, 0.1) is 6.54 Å². The van der Waals surface area contributed by atoms with E-state index in [-0.39, 0.29) is 17.7 Å². The number of carbonyl (C=O) groups excluding carboxylic acids is 1. The van der Waals surface area contributed by atoms with Gasteiger partial charge in [0, 0.05) is 25.7 Å². The van der Waals surface area contributed by atoms with E-state index in [0.29, 0.717) is 6.54 Å². The van der Waals surface area contributed by atoms with Gasteiger partial charge in [-0.05, 0) is 20.0 Å². The predicted molar refractivity (Wildman–Crippen MR) is 67.8 cm³/mol. The summed E-state index contributed by atoms with van der Waals surface area (Å²) in [6.07, 6.45) is 0. The minimum Gasteiger partial charge on any atom is -0.508 e. The van der Waals surface area contributed by atoms with Crippen molar-refractivity contribution in [2.75, 3.05) is 27.7 Å². The number of rotatable bonds is 4. The molecule has 0 aliphatic heterocycles. The molecular weight excluding hydrogens is 216 g/mol. The van der Waals surface area contributed by atoms with Gasteiger partial charge in [-0.1, -0.05) is 18.2 Å². The Bertz CT molecular complexity index is 391. The maximum absolute atomic E-state index is 11.6. The summed E-state index contributed by atoms with van der Waals surface area (Å²) in [5.41, 5.74) is 0.835. The SMILES string of the molecule is CC(c1ccccc1O)N(C)CC(=O)N(C)C. The molecule has 0 aromatic heterocycles. The van der Waals surface area contributed by atoms with Gasteiger partial charge in [0.15, 0.2) is 0 Å². The fraction of sp³-hybridized carbons (Fsp3) is 0.462. The lowest BCUT2D eigenvalue weighted by atomic mass is 10.1. The molecule has 0 heterocycles. The van der Waals surface area contributed by atoms with E-state index in [1.54, 1.807) is 31.1 Å². The maximum atomic E-state index is 11.6. The molecule has 0 fully saturated rings. The average Bonchev–Trinajstić information content (AvgIpc) is 2.28. The van der Waals surface area contributed by atoms with Crippen LogP contribution in [0.1, 0.15) is 18.5 Å². The Morgan fingerprint density at radius 1 is 1.29 bits per heavy atom. The molecule has 0 saturated carbocycles. The van der Waals surface area contributed by atoms with Gasteiger partial charge in [-0.15, -0.1) is 0 Å². The van der Waals surface area contributed by atoms with Gasteiger partial charge >= 0.3 is 0 Å². The van der Waals surface area contributed by atoms with E-state index >= 15 is 0 Å². The van der Waals surface area contributed by atoms with Gasteiger partial charge in [0.2, 0.25) is 5.91 Å². The Kier molecular flexibility index (Phi) is 4.52. The van der Waals surface area contributed by atoms with Crippen LogP contribution in [0, 0.1) is 0 Å². The van der Waals surface area contributed by atoms with E-state index in [9.17, 15) is 9.90 Å². The molecule has 0 aliphatic rings. The molecule has 0 radical (unpaired) electrons. The largest absolute Gasteiger partial charge is 0.508 e. The monoisotopic (exact) mass is 236 g/mol. The summed E-state index contributed by atoms with van der Waals surface area (Å²) in [6.45, 7) is 2.31. The zero-order chi connectivity index (χ0) is 13.0. The molecule has 1 unspecified atom stereocenters. The number of amides is 1. The quantitative estimate of drug-likeness (QED) is 0.861. The van der Waals surface area contributed by atoms with Crippen molar-refractivity contribution in [3.63, 3.8) is 0 Å². The number of aromatic hydroxyl groups is 1. The van der Waals surface area contributed by atoms with Crippen LogP contribution in [-0.4, -0.2) is 48.5 Å². The lowest BCUT2D eigenvalue weighted by molar-refractivity contribution is -0.130. The minimum absolute atomic E-state index is 0.0000926. The molecule has 4 heteroatoms. The van der Waals surface area contributed by atoms with Crippen LogP contribution in [0.5, 0.6) is 5.75 Å². The van der Waals surface area contributed by atoms with Crippen LogP contribution in [0.3, 0.4) is 0 Å². The zero-order valence-corrected chi connectivity index (χ0v) is 10.8. The first-order valence-electron chi connectivity index (χ1n) is 5.61. The normalized spacial score (nSPS) is 12.5. The van der Waals surface area contributed by atoms with Crippen LogP contribution in [0.25, 0.3) is 0 Å². The highest BCUT2D eigenvalue weighted by molar-refractivity contribution is 5.77. The second-order valence-corrected chi connectivity index (χ2v) is 4.44. The van der Waals surface area contributed by atoms with Gasteiger partial charge in [-0.2, -0.15) is 0 Å². The Morgan fingerprint density at radius 2 is 1.88 bits per heavy atom. The summed E-state index contributed by atoms with van der Waals surface area (Å²) in [5.74, 6) is 0.318. The third-order valence-corrected chi connectivity index (χ3v) is 2.93. The van der Waals surface area contributed by atoms with Gasteiger partial charge in [-0.3, -0.25) is 9.69 Å². The second kappa shape index (κ2) is 5.68. The summed E-state index contributed by atoms with van der Waals surface area (Å²) in [5, 5.41) is 9.75. The van der Waals surface area contributed by atoms with E-state index in [0.717, 1.165) is 5.56 Å². The van der Waals surface area contributed by atoms with Crippen molar-refractivity contribution < 1.29 is 9.90 Å². The Hall–Kier alpha value is -1.55. The van der Waals surface area contributed by atoms with Crippen molar-refractivity contribution >= 4 is 5.91 Å². The van der Waals surface area contributed by atoms with Crippen molar-refractivity contribution in [2.45, 2.75) is 13.0 Å². The lowest BCUT2D eigenvalue weighted by Gasteiger charge is -2.26. The standard InChI is InChI=1S/C13H20N2O2/c1-10(11-7-5-6-8-12(11)16)15(4)9-13(17)14(2)3/h5-8,10,16H,9H2,1-4H3. The fourth-order valence-electron chi connectivity index (χ4n) is 1.57. The molecule has 4 nitrogen and oxygen atoms in total. The van der Waals surface area contributed by atoms with Gasteiger partial charge in [-0.25, -0.2) is 0 Å². The third-order valence-electron chi connectivity index (χ3n) is 2.93. The molecule has 0 aliphatic carbocycles. The number of likely N-dealkylation sites (N-methyl/N-ethyl adjacent to an activating group) is 2. The second-order valence-electron chi connectivity index (χ2n) is 4.44. The number of phenolic OH excluding ortho intramolecular Hbond substituents is 1. The Morgan fingerprint density at radius 3 is 2.41 bits per heavy atom. The molecule has 1 atom stereocenters. The summed E-state index contributed by atoms with van der Waals surface area (Å²) in [7, 11) is 5.35. The average molecular weight is 236 g/mol. The summed E-state index contributed by atoms with van der Waals surface area (Å²) in [4.78, 5) is 15.1. The van der Waals surface area contributed by atoms with Crippen LogP contribution >= 0.6 is 0 Å². The molecule has 17 heavy (non-hydrogen) atoms. The minimum atomic E-state index is 0.0000926. The van der Waals surface area contributed by atoms with Crippen LogP contribution in [0.4, 0.5) is 0 Å². The molecule has 1 rings (SSSR count). The van der Waals surface area contributed by atoms with Gasteiger partial charge in [0.1, 0.15) is 5.75 Å². The van der Waals surface area contributed by atoms with Crippen molar-refractivity contribution in [3.8, 4) is 5.75 Å². The number of nitrogens with zero attached hydrogens (tertiary/aromatic N) is 2. The van der Waals surface area contributed by atoms with Gasteiger partial charge in [0.25, 0.3) is 0 Å². The third kappa shape index (κ3) is 3.46. The van der Waals surface area contributed by atoms with E-state index in [1.807, 2.05) is 31.0 Å². The highest BCUT2D eigenvalue weighted by Gasteiger charge is 2.17. The number of hydrogen-bond donors (Lipinski definition) is 1. The van der Waals surface area contributed by atoms with Gasteiger partial charge < -0.3 is 10.0 Å². The Labute approximate surface area is 102 Å². The number of hydrogen-bond acceptors (Lipinski definition) is 3. The van der Waals surface area contributed by atoms with Crippen molar-refractivity contribution in [1.82, 2.24) is 9.80 Å². The maximum Gasteiger partial charge on any atom is 0.236 e. The first-order valence-corrected chi connectivity index (χ1v) is 5.61. The number of para-hydroxylation sites is 1.